The first-order valence-corrected chi connectivity index (χ1v) is 12.1. The number of aromatic nitrogens is 1. The molecule has 0 aliphatic carbocycles. The number of anilines is 1. The van der Waals surface area contributed by atoms with Gasteiger partial charge in [0.25, 0.3) is 5.91 Å². The number of amides is 1. The van der Waals surface area contributed by atoms with Crippen molar-refractivity contribution in [3.8, 4) is 5.75 Å². The lowest BCUT2D eigenvalue weighted by atomic mass is 10.2. The summed E-state index contributed by atoms with van der Waals surface area (Å²) in [6, 6.07) is 11.4. The number of ether oxygens (including phenoxy) is 2. The van der Waals surface area contributed by atoms with Gasteiger partial charge in [-0.1, -0.05) is 11.3 Å². The number of thiazole rings is 1. The third-order valence-corrected chi connectivity index (χ3v) is 7.90. The fraction of sp³-hybridized carbons (Fsp3) is 0.333. The van der Waals surface area contributed by atoms with E-state index in [4.69, 9.17) is 9.47 Å². The summed E-state index contributed by atoms with van der Waals surface area (Å²) >= 11 is 1.34. The number of hydrogen-bond acceptors (Lipinski definition) is 7. The van der Waals surface area contributed by atoms with Crippen LogP contribution in [0.15, 0.2) is 47.4 Å². The van der Waals surface area contributed by atoms with Gasteiger partial charge in [0.15, 0.2) is 5.13 Å². The minimum absolute atomic E-state index is 0.0707. The van der Waals surface area contributed by atoms with Crippen LogP contribution >= 0.6 is 11.3 Å². The molecule has 164 valence electrons. The molecule has 4 rings (SSSR count). The Hall–Kier alpha value is -2.53. The molecule has 1 aromatic heterocycles. The molecule has 1 aliphatic heterocycles. The molecule has 1 N–H and O–H groups in total. The normalized spacial score (nSPS) is 16.7. The zero-order valence-corrected chi connectivity index (χ0v) is 18.8. The van der Waals surface area contributed by atoms with E-state index in [2.05, 4.69) is 10.3 Å². The lowest BCUT2D eigenvalue weighted by Crippen LogP contribution is -2.34. The predicted molar refractivity (Wildman–Crippen MR) is 119 cm³/mol. The summed E-state index contributed by atoms with van der Waals surface area (Å²) in [6.45, 7) is 0.984. The minimum atomic E-state index is -3.65. The van der Waals surface area contributed by atoms with Crippen LogP contribution in [0.3, 0.4) is 0 Å². The highest BCUT2D eigenvalue weighted by atomic mass is 32.2. The second-order valence-electron chi connectivity index (χ2n) is 7.25. The van der Waals surface area contributed by atoms with Gasteiger partial charge in [-0.2, -0.15) is 4.31 Å². The molecule has 0 spiro atoms. The van der Waals surface area contributed by atoms with Crippen molar-refractivity contribution in [2.24, 2.45) is 0 Å². The number of benzene rings is 2. The van der Waals surface area contributed by atoms with Gasteiger partial charge in [-0.25, -0.2) is 13.4 Å². The lowest BCUT2D eigenvalue weighted by molar-refractivity contribution is 0.0979. The van der Waals surface area contributed by atoms with E-state index in [-0.39, 0.29) is 16.9 Å². The molecule has 3 aromatic rings. The van der Waals surface area contributed by atoms with Crippen LogP contribution in [0.25, 0.3) is 10.2 Å². The summed E-state index contributed by atoms with van der Waals surface area (Å²) in [6.07, 6.45) is 1.74. The summed E-state index contributed by atoms with van der Waals surface area (Å²) in [5.74, 6) is 0.359. The third kappa shape index (κ3) is 4.72. The van der Waals surface area contributed by atoms with Gasteiger partial charge in [-0.05, 0) is 55.3 Å². The minimum Gasteiger partial charge on any atom is -0.497 e. The Morgan fingerprint density at radius 3 is 2.74 bits per heavy atom. The van der Waals surface area contributed by atoms with Crippen LogP contribution in [0.4, 0.5) is 5.13 Å². The molecule has 8 nitrogen and oxygen atoms in total. The monoisotopic (exact) mass is 461 g/mol. The topological polar surface area (TPSA) is 97.8 Å². The van der Waals surface area contributed by atoms with Crippen LogP contribution in [0.2, 0.25) is 0 Å². The van der Waals surface area contributed by atoms with Crippen LogP contribution in [-0.2, 0) is 14.8 Å². The van der Waals surface area contributed by atoms with Crippen LogP contribution in [-0.4, -0.2) is 57.0 Å². The summed E-state index contributed by atoms with van der Waals surface area (Å²) in [5.41, 5.74) is 1.11. The molecule has 0 bridgehead atoms. The van der Waals surface area contributed by atoms with Crippen LogP contribution < -0.4 is 10.1 Å². The summed E-state index contributed by atoms with van der Waals surface area (Å²) in [4.78, 5) is 17.1. The van der Waals surface area contributed by atoms with Gasteiger partial charge in [0.2, 0.25) is 10.0 Å². The fourth-order valence-corrected chi connectivity index (χ4v) is 5.48. The Labute approximate surface area is 184 Å². The molecule has 1 amide bonds. The zero-order chi connectivity index (χ0) is 22.0. The maximum absolute atomic E-state index is 12.8. The van der Waals surface area contributed by atoms with E-state index in [0.29, 0.717) is 23.8 Å². The van der Waals surface area contributed by atoms with Crippen LogP contribution in [0, 0.1) is 0 Å². The maximum atomic E-state index is 12.8. The maximum Gasteiger partial charge on any atom is 0.257 e. The van der Waals surface area contributed by atoms with E-state index in [1.54, 1.807) is 14.2 Å². The molecule has 0 radical (unpaired) electrons. The fourth-order valence-electron chi connectivity index (χ4n) is 3.39. The summed E-state index contributed by atoms with van der Waals surface area (Å²) in [5, 5.41) is 3.23. The van der Waals surface area contributed by atoms with Crippen molar-refractivity contribution in [3.63, 3.8) is 0 Å². The van der Waals surface area contributed by atoms with Gasteiger partial charge in [0.05, 0.1) is 28.3 Å². The van der Waals surface area contributed by atoms with Gasteiger partial charge in [-0.15, -0.1) is 0 Å². The standard InChI is InChI=1S/C21H23N3O5S2/c1-24(13-16-4-3-11-29-16)31(26,27)17-8-5-14(6-9-17)20(25)23-21-22-18-10-7-15(28-2)12-19(18)30-21/h5-10,12,16H,3-4,11,13H2,1-2H3,(H,22,23,25). The number of methoxy groups -OCH3 is 1. The van der Waals surface area contributed by atoms with Crippen molar-refractivity contribution in [3.05, 3.63) is 48.0 Å². The number of nitrogens with one attached hydrogen (secondary N) is 1. The average Bonchev–Trinajstić information content (AvgIpc) is 3.42. The Kier molecular flexibility index (Phi) is 6.24. The van der Waals surface area contributed by atoms with Crippen molar-refractivity contribution in [2.45, 2.75) is 23.8 Å². The number of carbonyl (C=O) groups excluding carboxylic acids is 1. The number of sulfonamides is 1. The number of fused-ring (bicyclic) bond motifs is 1. The molecular formula is C21H23N3O5S2. The Balaban J connectivity index is 1.45. The Bertz CT molecular complexity index is 1190. The van der Waals surface area contributed by atoms with Crippen LogP contribution in [0.1, 0.15) is 23.2 Å². The van der Waals surface area contributed by atoms with Crippen molar-refractivity contribution in [1.29, 1.82) is 0 Å². The molecule has 0 saturated carbocycles. The lowest BCUT2D eigenvalue weighted by Gasteiger charge is -2.20. The van der Waals surface area contributed by atoms with E-state index in [9.17, 15) is 13.2 Å². The average molecular weight is 462 g/mol. The molecule has 1 aliphatic rings. The highest BCUT2D eigenvalue weighted by Gasteiger charge is 2.26. The third-order valence-electron chi connectivity index (χ3n) is 5.13. The molecule has 1 atom stereocenters. The smallest absolute Gasteiger partial charge is 0.257 e. The second kappa shape index (κ2) is 8.91. The molecule has 1 fully saturated rings. The van der Waals surface area contributed by atoms with Gasteiger partial charge < -0.3 is 9.47 Å². The van der Waals surface area contributed by atoms with Gasteiger partial charge in [-0.3, -0.25) is 10.1 Å². The molecule has 1 saturated heterocycles. The molecule has 1 unspecified atom stereocenters. The molecular weight excluding hydrogens is 438 g/mol. The van der Waals surface area contributed by atoms with E-state index < -0.39 is 10.0 Å². The largest absolute Gasteiger partial charge is 0.497 e. The van der Waals surface area contributed by atoms with E-state index in [1.165, 1.54) is 39.9 Å². The number of rotatable bonds is 7. The van der Waals surface area contributed by atoms with Crippen molar-refractivity contribution >= 4 is 42.6 Å². The first-order chi connectivity index (χ1) is 14.9. The van der Waals surface area contributed by atoms with Gasteiger partial charge in [0, 0.05) is 25.8 Å². The Morgan fingerprint density at radius 2 is 2.06 bits per heavy atom. The van der Waals surface area contributed by atoms with Gasteiger partial charge >= 0.3 is 0 Å². The SMILES string of the molecule is COc1ccc2nc(NC(=O)c3ccc(S(=O)(=O)N(C)CC4CCCO4)cc3)sc2c1. The van der Waals surface area contributed by atoms with E-state index in [1.807, 2.05) is 18.2 Å². The summed E-state index contributed by atoms with van der Waals surface area (Å²) in [7, 11) is -0.519. The van der Waals surface area contributed by atoms with Gasteiger partial charge in [0.1, 0.15) is 5.75 Å². The first kappa shape index (κ1) is 21.7. The zero-order valence-electron chi connectivity index (χ0n) is 17.2. The quantitative estimate of drug-likeness (QED) is 0.579. The van der Waals surface area contributed by atoms with E-state index in [0.717, 1.165) is 28.8 Å². The highest BCUT2D eigenvalue weighted by molar-refractivity contribution is 7.89. The van der Waals surface area contributed by atoms with Crippen molar-refractivity contribution in [1.82, 2.24) is 9.29 Å². The number of nitrogens with zero attached hydrogens (tertiary/aromatic N) is 2. The highest BCUT2D eigenvalue weighted by Crippen LogP contribution is 2.29. The van der Waals surface area contributed by atoms with Crippen molar-refractivity contribution in [2.75, 3.05) is 32.6 Å². The Morgan fingerprint density at radius 1 is 1.29 bits per heavy atom. The van der Waals surface area contributed by atoms with Crippen molar-refractivity contribution < 1.29 is 22.7 Å². The molecule has 2 aromatic carbocycles. The molecule has 10 heteroatoms. The molecule has 31 heavy (non-hydrogen) atoms. The van der Waals surface area contributed by atoms with Crippen LogP contribution in [0.5, 0.6) is 5.75 Å². The summed E-state index contributed by atoms with van der Waals surface area (Å²) < 4.78 is 38.5. The number of likely N-dealkylation sites (N-methyl/N-ethyl adjacent to an activating group) is 1. The first-order valence-electron chi connectivity index (χ1n) is 9.81. The molecule has 2 heterocycles. The number of hydrogen-bond donors (Lipinski definition) is 1. The number of carbonyl (C=O) groups is 1. The predicted octanol–water partition coefficient (Wildman–Crippen LogP) is 3.36. The van der Waals surface area contributed by atoms with E-state index >= 15 is 0 Å². The second-order valence-corrected chi connectivity index (χ2v) is 10.3.